The Hall–Kier alpha value is -8.44. The van der Waals surface area contributed by atoms with Crippen LogP contribution < -0.4 is 21.3 Å². The second kappa shape index (κ2) is 28.5. The summed E-state index contributed by atoms with van der Waals surface area (Å²) in [4.78, 5) is 50.1. The van der Waals surface area contributed by atoms with Crippen molar-refractivity contribution in [1.29, 1.82) is 0 Å². The molecule has 0 unspecified atom stereocenters. The van der Waals surface area contributed by atoms with Gasteiger partial charge in [-0.05, 0) is 125 Å². The molecule has 514 valence electrons. The predicted molar refractivity (Wildman–Crippen MR) is 415 cm³/mol. The Morgan fingerprint density at radius 2 is 0.530 bits per heavy atom. The van der Waals surface area contributed by atoms with E-state index in [1.807, 2.05) is 55.4 Å². The van der Waals surface area contributed by atoms with E-state index in [-0.39, 0.29) is 26.4 Å². The number of nitrogens with zero attached hydrogens (tertiary/aromatic N) is 6. The van der Waals surface area contributed by atoms with Gasteiger partial charge >= 0.3 is 0 Å². The van der Waals surface area contributed by atoms with Crippen LogP contribution >= 0.6 is 47.0 Å². The van der Waals surface area contributed by atoms with Crippen molar-refractivity contribution in [3.05, 3.63) is 168 Å². The summed E-state index contributed by atoms with van der Waals surface area (Å²) in [7, 11) is 0. The Labute approximate surface area is 601 Å². The first kappa shape index (κ1) is 70.0. The fourth-order valence-corrected chi connectivity index (χ4v) is 15.5. The fraction of sp³-hybridized carbons (Fsp3) is 0.300. The lowest BCUT2D eigenvalue weighted by Gasteiger charge is -2.24. The van der Waals surface area contributed by atoms with Gasteiger partial charge in [0.25, 0.3) is 0 Å². The van der Waals surface area contributed by atoms with E-state index in [1.165, 1.54) is 0 Å². The number of aromatic nitrogens is 8. The van der Waals surface area contributed by atoms with Crippen molar-refractivity contribution in [2.24, 2.45) is 21.7 Å². The third-order valence-electron chi connectivity index (χ3n) is 18.0. The number of aromatic amines is 2. The molecule has 16 nitrogen and oxygen atoms in total. The van der Waals surface area contributed by atoms with Crippen LogP contribution in [0.1, 0.15) is 77.6 Å². The topological polar surface area (TPSA) is 238 Å². The quantitative estimate of drug-likeness (QED) is 0.0271. The Morgan fingerprint density at radius 1 is 0.290 bits per heavy atom. The number of nitrogens with one attached hydrogen (secondary N) is 6. The second-order valence-electron chi connectivity index (χ2n) is 29.4. The van der Waals surface area contributed by atoms with E-state index in [0.717, 1.165) is 122 Å². The van der Waals surface area contributed by atoms with Crippen molar-refractivity contribution in [2.75, 3.05) is 73.9 Å². The van der Waals surface area contributed by atoms with E-state index in [2.05, 4.69) is 205 Å². The first-order chi connectivity index (χ1) is 47.9. The third kappa shape index (κ3) is 15.1. The third-order valence-corrected chi connectivity index (χ3v) is 22.3. The van der Waals surface area contributed by atoms with Gasteiger partial charge < -0.3 is 51.7 Å². The zero-order chi connectivity index (χ0) is 70.4. The van der Waals surface area contributed by atoms with Gasteiger partial charge in [-0.2, -0.15) is 0 Å². The fourth-order valence-electron chi connectivity index (χ4n) is 11.6. The van der Waals surface area contributed by atoms with Crippen molar-refractivity contribution in [3.8, 4) is 45.6 Å². The Bertz CT molecular complexity index is 5080. The summed E-state index contributed by atoms with van der Waals surface area (Å²) in [6.45, 7) is 26.0. The maximum absolute atomic E-state index is 10.8. The highest BCUT2D eigenvalue weighted by Crippen LogP contribution is 2.52. The monoisotopic (exact) mass is 1410 g/mol. The summed E-state index contributed by atoms with van der Waals surface area (Å²) in [6.07, 6.45) is 0. The number of benzene rings is 8. The number of aryl methyl sites for hydroxylation is 4. The van der Waals surface area contributed by atoms with Gasteiger partial charge in [-0.25, -0.2) is 29.9 Å². The van der Waals surface area contributed by atoms with Crippen LogP contribution in [0.25, 0.3) is 89.7 Å². The molecule has 8 bridgehead atoms. The van der Waals surface area contributed by atoms with Crippen LogP contribution in [0.3, 0.4) is 0 Å². The molecule has 2 aliphatic rings. The molecule has 20 heteroatoms. The molecule has 0 radical (unpaired) electrons. The minimum absolute atomic E-state index is 0.0546. The molecule has 0 saturated heterocycles. The van der Waals surface area contributed by atoms with Crippen LogP contribution in [-0.4, -0.2) is 113 Å². The van der Waals surface area contributed by atoms with Crippen LogP contribution in [0.5, 0.6) is 0 Å². The molecule has 3 aromatic heterocycles. The van der Waals surface area contributed by atoms with Gasteiger partial charge in [-0.15, -0.1) is 0 Å². The van der Waals surface area contributed by atoms with Gasteiger partial charge in [0.15, 0.2) is 23.3 Å². The summed E-state index contributed by atoms with van der Waals surface area (Å²) < 4.78 is 0. The Balaban J connectivity index is 1.24. The number of aliphatic hydroxyl groups excluding tert-OH is 4. The van der Waals surface area contributed by atoms with Gasteiger partial charge in [-0.3, -0.25) is 0 Å². The molecule has 0 spiro atoms. The number of H-pyrrole nitrogens is 2. The van der Waals surface area contributed by atoms with Crippen molar-refractivity contribution >= 4 is 114 Å². The van der Waals surface area contributed by atoms with Crippen LogP contribution in [-0.2, 0) is 0 Å². The average Bonchev–Trinajstić information content (AvgIpc) is 1.58. The maximum atomic E-state index is 10.8. The van der Waals surface area contributed by atoms with E-state index in [9.17, 15) is 20.4 Å². The molecule has 11 aromatic rings. The normalized spacial score (nSPS) is 12.5. The number of fused-ring (bicyclic) bond motifs is 20. The highest BCUT2D eigenvalue weighted by Gasteiger charge is 2.33. The summed E-state index contributed by atoms with van der Waals surface area (Å²) >= 11 is 6.50. The first-order valence-corrected chi connectivity index (χ1v) is 37.0. The zero-order valence-corrected chi connectivity index (χ0v) is 61.9. The van der Waals surface area contributed by atoms with Gasteiger partial charge in [0.2, 0.25) is 0 Å². The summed E-state index contributed by atoms with van der Waals surface area (Å²) in [6, 6.07) is 50.9. The van der Waals surface area contributed by atoms with Crippen LogP contribution in [0.2, 0.25) is 0 Å². The zero-order valence-electron chi connectivity index (χ0n) is 58.6. The van der Waals surface area contributed by atoms with Gasteiger partial charge in [0.1, 0.15) is 22.6 Å². The number of rotatable bonds is 24. The summed E-state index contributed by atoms with van der Waals surface area (Å²) in [5.74, 6) is 1.56. The van der Waals surface area contributed by atoms with Gasteiger partial charge in [0, 0.05) is 158 Å². The number of hydrogen-bond acceptors (Lipinski definition) is 18. The van der Waals surface area contributed by atoms with Crippen molar-refractivity contribution in [2.45, 2.75) is 122 Å². The van der Waals surface area contributed by atoms with Crippen LogP contribution in [0, 0.1) is 49.4 Å². The molecule has 100 heavy (non-hydrogen) atoms. The number of anilines is 4. The van der Waals surface area contributed by atoms with E-state index in [1.54, 1.807) is 47.0 Å². The molecule has 0 atom stereocenters. The molecule has 10 N–H and O–H groups in total. The standard InChI is InChI=1S/C80H86N12O4S4/c1-45-13-21-49(22-14-45)97-57-33-29-53(81-37-77(5,6)41-93)61-65(57)73-86-69(61)85-70-62-54(82-38-78(7,8)42-94)30-35-59(99-51-25-17-47(3)18-26-51)67(62)75(87-70)92-76-68-60(100-52-27-19-48(4)20-28-52)36-32-56(84-40-80(11,12)44-96)64(68)72(91-76)90-74-66-58(98-50-23-15-46(2)16-24-50)34-31-55(63(66)71(88-73)89-74)83-39-79(9,10)43-95/h13-36,81-84,93-96H,37-44H2,1-12H3,(H2,85,86,87,88,89,90,91,92). The number of aliphatic hydroxyl groups is 4. The second-order valence-corrected chi connectivity index (χ2v) is 33.9. The lowest BCUT2D eigenvalue weighted by atomic mass is 9.94. The van der Waals surface area contributed by atoms with Crippen molar-refractivity contribution in [3.63, 3.8) is 0 Å². The van der Waals surface area contributed by atoms with Crippen molar-refractivity contribution in [1.82, 2.24) is 39.9 Å². The average molecular weight is 1410 g/mol. The van der Waals surface area contributed by atoms with E-state index in [0.29, 0.717) is 77.6 Å². The largest absolute Gasteiger partial charge is 0.396 e. The lowest BCUT2D eigenvalue weighted by Crippen LogP contribution is -2.27. The van der Waals surface area contributed by atoms with E-state index >= 15 is 0 Å². The Kier molecular flexibility index (Phi) is 20.0. The molecule has 0 fully saturated rings. The molecule has 0 amide bonds. The van der Waals surface area contributed by atoms with Gasteiger partial charge in [-0.1, -0.05) is 173 Å². The molecule has 2 aliphatic heterocycles. The Morgan fingerprint density at radius 3 is 0.820 bits per heavy atom. The van der Waals surface area contributed by atoms with Crippen molar-refractivity contribution < 1.29 is 20.4 Å². The smallest absolute Gasteiger partial charge is 0.166 e. The predicted octanol–water partition coefficient (Wildman–Crippen LogP) is 18.4. The molecular formula is C80H86N12O4S4. The number of hydrogen-bond donors (Lipinski definition) is 10. The first-order valence-electron chi connectivity index (χ1n) is 33.8. The highest BCUT2D eigenvalue weighted by atomic mass is 32.2. The molecule has 0 aliphatic carbocycles. The van der Waals surface area contributed by atoms with Crippen LogP contribution in [0.15, 0.2) is 185 Å². The summed E-state index contributed by atoms with van der Waals surface area (Å²) in [5, 5.41) is 61.3. The SMILES string of the molecule is Cc1ccc(Sc2ccc(NCC(C)(C)CO)c3c2-c2nc-3nc3[nH]c(nc4nc(nc5[nH]c(n2)c2c(NCC(C)(C)CO)ccc(Sc6ccc(C)cc6)c52)-c2c(NCC(C)(C)CO)ccc(Sc5ccc(C)cc5)c2-4)c2c(Sc4ccc(C)cc4)ccc(NCC(C)(C)CO)c32)cc1. The van der Waals surface area contributed by atoms with Gasteiger partial charge in [0.05, 0.1) is 21.9 Å². The molecule has 5 heterocycles. The molecular weight excluding hydrogens is 1320 g/mol. The molecule has 13 rings (SSSR count). The molecule has 0 saturated carbocycles. The minimum atomic E-state index is -0.519. The van der Waals surface area contributed by atoms with E-state index < -0.39 is 21.7 Å². The minimum Gasteiger partial charge on any atom is -0.396 e. The molecule has 8 aromatic carbocycles. The highest BCUT2D eigenvalue weighted by molar-refractivity contribution is 8.00. The van der Waals surface area contributed by atoms with E-state index in [4.69, 9.17) is 29.9 Å². The summed E-state index contributed by atoms with van der Waals surface area (Å²) in [5.41, 5.74) is 10.4. The lowest BCUT2D eigenvalue weighted by molar-refractivity contribution is 0.171. The maximum Gasteiger partial charge on any atom is 0.166 e. The van der Waals surface area contributed by atoms with Crippen LogP contribution in [0.4, 0.5) is 22.7 Å².